The minimum atomic E-state index is -0.497. The molecule has 2 aromatic carbocycles. The lowest BCUT2D eigenvalue weighted by Gasteiger charge is -2.21. The van der Waals surface area contributed by atoms with Gasteiger partial charge in [-0.15, -0.1) is 0 Å². The van der Waals surface area contributed by atoms with E-state index in [2.05, 4.69) is 15.6 Å². The number of para-hydroxylation sites is 1. The molecule has 0 aliphatic carbocycles. The van der Waals surface area contributed by atoms with E-state index in [1.165, 1.54) is 4.90 Å². The summed E-state index contributed by atoms with van der Waals surface area (Å²) >= 11 is 19.3. The Hall–Kier alpha value is -3.46. The van der Waals surface area contributed by atoms with Gasteiger partial charge in [-0.25, -0.2) is 9.78 Å². The lowest BCUT2D eigenvalue weighted by atomic mass is 10.2. The van der Waals surface area contributed by atoms with Crippen LogP contribution in [0.4, 0.5) is 16.2 Å². The number of imidazole rings is 1. The third-order valence-electron chi connectivity index (χ3n) is 5.42. The van der Waals surface area contributed by atoms with Crippen molar-refractivity contribution >= 4 is 63.8 Å². The zero-order valence-electron chi connectivity index (χ0n) is 19.4. The number of benzene rings is 2. The number of fused-ring (bicyclic) bond motifs is 1. The van der Waals surface area contributed by atoms with Gasteiger partial charge in [0.15, 0.2) is 11.4 Å². The fraction of sp³-hybridized carbons (Fsp3) is 0.160. The summed E-state index contributed by atoms with van der Waals surface area (Å²) < 4.78 is 7.71. The van der Waals surface area contributed by atoms with Crippen molar-refractivity contribution in [3.63, 3.8) is 0 Å². The standard InChI is InChI=1S/C25H22Cl3N5O3/c1-15-23(28)33-12-6-9-20(24(33)30-15)36-14-17-18(26)10-11-19(22(17)27)32(2)21(34)13-29-25(35)31-16-7-4-3-5-8-16/h3-12H,13-14H2,1-2H3,(H2,29,31,35). The molecule has 36 heavy (non-hydrogen) atoms. The van der Waals surface area contributed by atoms with Crippen LogP contribution in [0.2, 0.25) is 15.2 Å². The van der Waals surface area contributed by atoms with Gasteiger partial charge in [-0.1, -0.05) is 53.0 Å². The fourth-order valence-electron chi connectivity index (χ4n) is 3.47. The first kappa shape index (κ1) is 25.6. The molecular formula is C25H22Cl3N5O3. The van der Waals surface area contributed by atoms with Crippen molar-refractivity contribution in [2.45, 2.75) is 13.5 Å². The molecule has 2 N–H and O–H groups in total. The lowest BCUT2D eigenvalue weighted by molar-refractivity contribution is -0.117. The van der Waals surface area contributed by atoms with Gasteiger partial charge in [-0.2, -0.15) is 0 Å². The molecule has 186 valence electrons. The first-order chi connectivity index (χ1) is 17.3. The third kappa shape index (κ3) is 5.51. The fourth-order valence-corrected chi connectivity index (χ4v) is 4.26. The molecule has 0 radical (unpaired) electrons. The van der Waals surface area contributed by atoms with Gasteiger partial charge in [0.05, 0.1) is 22.9 Å². The summed E-state index contributed by atoms with van der Waals surface area (Å²) in [4.78, 5) is 30.7. The number of nitrogens with one attached hydrogen (secondary N) is 2. The average Bonchev–Trinajstić information content (AvgIpc) is 3.16. The molecule has 0 spiro atoms. The zero-order chi connectivity index (χ0) is 25.8. The van der Waals surface area contributed by atoms with E-state index in [0.29, 0.717) is 44.2 Å². The number of ether oxygens (including phenoxy) is 1. The second kappa shape index (κ2) is 11.1. The smallest absolute Gasteiger partial charge is 0.319 e. The van der Waals surface area contributed by atoms with Crippen LogP contribution in [0.25, 0.3) is 5.65 Å². The van der Waals surface area contributed by atoms with E-state index in [-0.39, 0.29) is 24.1 Å². The van der Waals surface area contributed by atoms with Crippen LogP contribution in [0.5, 0.6) is 5.75 Å². The molecule has 11 heteroatoms. The number of hydrogen-bond acceptors (Lipinski definition) is 4. The van der Waals surface area contributed by atoms with Crippen molar-refractivity contribution in [1.82, 2.24) is 14.7 Å². The Labute approximate surface area is 222 Å². The highest BCUT2D eigenvalue weighted by atomic mass is 35.5. The van der Waals surface area contributed by atoms with E-state index in [4.69, 9.17) is 39.5 Å². The number of halogens is 3. The van der Waals surface area contributed by atoms with Gasteiger partial charge < -0.3 is 20.3 Å². The van der Waals surface area contributed by atoms with Crippen molar-refractivity contribution in [3.05, 3.63) is 87.2 Å². The Morgan fingerprint density at radius 1 is 1.06 bits per heavy atom. The summed E-state index contributed by atoms with van der Waals surface area (Å²) in [7, 11) is 1.56. The van der Waals surface area contributed by atoms with Gasteiger partial charge >= 0.3 is 6.03 Å². The highest BCUT2D eigenvalue weighted by Gasteiger charge is 2.20. The second-order valence-electron chi connectivity index (χ2n) is 7.83. The molecule has 0 saturated heterocycles. The molecule has 3 amide bonds. The molecule has 4 rings (SSSR count). The molecule has 0 saturated carbocycles. The molecule has 0 bridgehead atoms. The van der Waals surface area contributed by atoms with Gasteiger partial charge in [0.25, 0.3) is 0 Å². The normalized spacial score (nSPS) is 10.8. The van der Waals surface area contributed by atoms with E-state index >= 15 is 0 Å². The van der Waals surface area contributed by atoms with Crippen LogP contribution < -0.4 is 20.3 Å². The lowest BCUT2D eigenvalue weighted by Crippen LogP contribution is -2.40. The van der Waals surface area contributed by atoms with Crippen molar-refractivity contribution in [1.29, 1.82) is 0 Å². The maximum Gasteiger partial charge on any atom is 0.319 e. The van der Waals surface area contributed by atoms with Crippen LogP contribution >= 0.6 is 34.8 Å². The summed E-state index contributed by atoms with van der Waals surface area (Å²) in [6.45, 7) is 1.61. The molecule has 2 aromatic heterocycles. The summed E-state index contributed by atoms with van der Waals surface area (Å²) in [6, 6.07) is 15.3. The van der Waals surface area contributed by atoms with Gasteiger partial charge in [0, 0.05) is 29.5 Å². The van der Waals surface area contributed by atoms with Crippen LogP contribution in [0, 0.1) is 6.92 Å². The van der Waals surface area contributed by atoms with Crippen molar-refractivity contribution in [2.24, 2.45) is 0 Å². The number of carbonyl (C=O) groups is 2. The molecule has 8 nitrogen and oxygen atoms in total. The highest BCUT2D eigenvalue weighted by Crippen LogP contribution is 2.35. The highest BCUT2D eigenvalue weighted by molar-refractivity contribution is 6.38. The van der Waals surface area contributed by atoms with Crippen LogP contribution in [0.1, 0.15) is 11.3 Å². The molecule has 2 heterocycles. The number of urea groups is 1. The first-order valence-electron chi connectivity index (χ1n) is 10.9. The van der Waals surface area contributed by atoms with Crippen LogP contribution in [-0.4, -0.2) is 34.9 Å². The molecule has 4 aromatic rings. The minimum absolute atomic E-state index is 0.0362. The Balaban J connectivity index is 1.44. The molecule has 0 aliphatic heterocycles. The molecule has 0 fully saturated rings. The predicted octanol–water partition coefficient (Wildman–Crippen LogP) is 5.97. The molecule has 0 aliphatic rings. The quantitative estimate of drug-likeness (QED) is 0.299. The Morgan fingerprint density at radius 2 is 1.81 bits per heavy atom. The number of anilines is 2. The van der Waals surface area contributed by atoms with Gasteiger partial charge in [0.1, 0.15) is 11.8 Å². The number of amides is 3. The number of likely N-dealkylation sites (N-methyl/N-ethyl adjacent to an activating group) is 1. The van der Waals surface area contributed by atoms with E-state index in [0.717, 1.165) is 0 Å². The van der Waals surface area contributed by atoms with Crippen LogP contribution in [0.3, 0.4) is 0 Å². The van der Waals surface area contributed by atoms with Crippen LogP contribution in [-0.2, 0) is 11.4 Å². The number of aryl methyl sites for hydroxylation is 1. The van der Waals surface area contributed by atoms with E-state index in [1.54, 1.807) is 66.2 Å². The molecule has 0 atom stereocenters. The summed E-state index contributed by atoms with van der Waals surface area (Å²) in [6.07, 6.45) is 1.79. The number of carbonyl (C=O) groups excluding carboxylic acids is 2. The van der Waals surface area contributed by atoms with Crippen molar-refractivity contribution in [2.75, 3.05) is 23.8 Å². The third-order valence-corrected chi connectivity index (χ3v) is 6.65. The average molecular weight is 547 g/mol. The maximum atomic E-state index is 12.7. The first-order valence-corrected chi connectivity index (χ1v) is 12.0. The van der Waals surface area contributed by atoms with Crippen molar-refractivity contribution < 1.29 is 14.3 Å². The van der Waals surface area contributed by atoms with E-state index in [1.807, 2.05) is 13.0 Å². The Bertz CT molecular complexity index is 1430. The Kier molecular flexibility index (Phi) is 7.88. The van der Waals surface area contributed by atoms with Gasteiger partial charge in [-0.05, 0) is 43.3 Å². The number of pyridine rings is 1. The summed E-state index contributed by atoms with van der Waals surface area (Å²) in [5.41, 5.74) is 2.78. The number of rotatable bonds is 7. The summed E-state index contributed by atoms with van der Waals surface area (Å²) in [5, 5.41) is 6.34. The predicted molar refractivity (Wildman–Crippen MR) is 143 cm³/mol. The SMILES string of the molecule is Cc1nc2c(OCc3c(Cl)ccc(N(C)C(=O)CNC(=O)Nc4ccccc4)c3Cl)cccn2c1Cl. The Morgan fingerprint density at radius 3 is 2.56 bits per heavy atom. The topological polar surface area (TPSA) is 88.0 Å². The number of aromatic nitrogens is 2. The number of hydrogen-bond donors (Lipinski definition) is 2. The van der Waals surface area contributed by atoms with Gasteiger partial charge in [0.2, 0.25) is 5.91 Å². The van der Waals surface area contributed by atoms with E-state index in [9.17, 15) is 9.59 Å². The zero-order valence-corrected chi connectivity index (χ0v) is 21.7. The monoisotopic (exact) mass is 545 g/mol. The maximum absolute atomic E-state index is 12.7. The minimum Gasteiger partial charge on any atom is -0.485 e. The van der Waals surface area contributed by atoms with Crippen LogP contribution in [0.15, 0.2) is 60.8 Å². The second-order valence-corrected chi connectivity index (χ2v) is 8.97. The van der Waals surface area contributed by atoms with E-state index < -0.39 is 6.03 Å². The number of nitrogens with zero attached hydrogens (tertiary/aromatic N) is 3. The van der Waals surface area contributed by atoms with Crippen molar-refractivity contribution in [3.8, 4) is 5.75 Å². The summed E-state index contributed by atoms with van der Waals surface area (Å²) in [5.74, 6) is 0.129. The molecular weight excluding hydrogens is 525 g/mol. The van der Waals surface area contributed by atoms with Gasteiger partial charge in [-0.3, -0.25) is 9.20 Å². The molecule has 0 unspecified atom stereocenters. The largest absolute Gasteiger partial charge is 0.485 e.